The van der Waals surface area contributed by atoms with E-state index in [4.69, 9.17) is 5.73 Å². The molecule has 0 spiro atoms. The summed E-state index contributed by atoms with van der Waals surface area (Å²) in [7, 11) is 1.83. The van der Waals surface area contributed by atoms with E-state index >= 15 is 0 Å². The van der Waals surface area contributed by atoms with Crippen LogP contribution in [0, 0.1) is 20.8 Å². The number of urea groups is 1. The van der Waals surface area contributed by atoms with Gasteiger partial charge in [-0.25, -0.2) is 4.79 Å². The molecule has 4 heteroatoms. The van der Waals surface area contributed by atoms with Crippen molar-refractivity contribution in [1.29, 1.82) is 0 Å². The predicted molar refractivity (Wildman–Crippen MR) is 77.2 cm³/mol. The molecule has 1 saturated heterocycles. The molecule has 1 aliphatic rings. The van der Waals surface area contributed by atoms with Crippen LogP contribution in [0.1, 0.15) is 28.3 Å². The van der Waals surface area contributed by atoms with Gasteiger partial charge in [0, 0.05) is 32.7 Å². The minimum Gasteiger partial charge on any atom is -0.326 e. The van der Waals surface area contributed by atoms with Gasteiger partial charge in [0.1, 0.15) is 0 Å². The highest BCUT2D eigenvalue weighted by Crippen LogP contribution is 2.23. The first-order valence-corrected chi connectivity index (χ1v) is 6.73. The second-order valence-corrected chi connectivity index (χ2v) is 5.57. The molecule has 0 saturated carbocycles. The summed E-state index contributed by atoms with van der Waals surface area (Å²) in [6.07, 6.45) is 0. The molecule has 19 heavy (non-hydrogen) atoms. The third-order valence-electron chi connectivity index (χ3n) is 3.83. The van der Waals surface area contributed by atoms with Gasteiger partial charge in [-0.1, -0.05) is 17.7 Å². The smallest absolute Gasteiger partial charge is 0.319 e. The lowest BCUT2D eigenvalue weighted by Crippen LogP contribution is -2.35. The van der Waals surface area contributed by atoms with Crippen LogP contribution in [0.15, 0.2) is 12.1 Å². The van der Waals surface area contributed by atoms with Gasteiger partial charge in [-0.2, -0.15) is 0 Å². The van der Waals surface area contributed by atoms with Crippen LogP contribution in [0.4, 0.5) is 4.79 Å². The fraction of sp³-hybridized carbons (Fsp3) is 0.533. The van der Waals surface area contributed by atoms with Crippen molar-refractivity contribution in [1.82, 2.24) is 9.80 Å². The third kappa shape index (κ3) is 2.73. The van der Waals surface area contributed by atoms with E-state index in [9.17, 15) is 4.79 Å². The van der Waals surface area contributed by atoms with E-state index in [2.05, 4.69) is 32.9 Å². The summed E-state index contributed by atoms with van der Waals surface area (Å²) in [5.74, 6) is 0. The Labute approximate surface area is 115 Å². The Balaban J connectivity index is 2.17. The first-order chi connectivity index (χ1) is 8.90. The highest BCUT2D eigenvalue weighted by Gasteiger charge is 2.27. The van der Waals surface area contributed by atoms with Crippen LogP contribution < -0.4 is 5.73 Å². The van der Waals surface area contributed by atoms with Crippen LogP contribution in [0.2, 0.25) is 0 Å². The van der Waals surface area contributed by atoms with Crippen molar-refractivity contribution in [2.45, 2.75) is 26.8 Å². The number of amides is 2. The Morgan fingerprint density at radius 1 is 1.21 bits per heavy atom. The molecule has 104 valence electrons. The fourth-order valence-corrected chi connectivity index (χ4v) is 2.98. The normalized spacial score (nSPS) is 17.2. The van der Waals surface area contributed by atoms with Gasteiger partial charge in [-0.3, -0.25) is 0 Å². The van der Waals surface area contributed by atoms with E-state index in [1.807, 2.05) is 11.9 Å². The first-order valence-electron chi connectivity index (χ1n) is 6.73. The molecule has 1 fully saturated rings. The van der Waals surface area contributed by atoms with E-state index in [1.54, 1.807) is 4.90 Å². The van der Waals surface area contributed by atoms with Gasteiger partial charge in [0.25, 0.3) is 0 Å². The van der Waals surface area contributed by atoms with Crippen LogP contribution in [0.25, 0.3) is 0 Å². The van der Waals surface area contributed by atoms with E-state index in [0.717, 1.165) is 13.1 Å². The summed E-state index contributed by atoms with van der Waals surface area (Å²) in [6.45, 7) is 8.42. The summed E-state index contributed by atoms with van der Waals surface area (Å²) in [5, 5.41) is 0. The van der Waals surface area contributed by atoms with Crippen molar-refractivity contribution in [3.8, 4) is 0 Å². The second-order valence-electron chi connectivity index (χ2n) is 5.57. The van der Waals surface area contributed by atoms with Crippen molar-refractivity contribution >= 4 is 6.03 Å². The average molecular weight is 261 g/mol. The van der Waals surface area contributed by atoms with E-state index in [0.29, 0.717) is 6.54 Å². The zero-order valence-corrected chi connectivity index (χ0v) is 12.2. The number of nitrogens with two attached hydrogens (primary N) is 1. The molecule has 2 N–H and O–H groups in total. The largest absolute Gasteiger partial charge is 0.326 e. The quantitative estimate of drug-likeness (QED) is 0.904. The minimum atomic E-state index is -0.115. The number of nitrogens with zero attached hydrogens (tertiary/aromatic N) is 2. The van der Waals surface area contributed by atoms with Gasteiger partial charge in [0.05, 0.1) is 0 Å². The number of likely N-dealkylation sites (N-methyl/N-ethyl adjacent to an activating group) is 1. The molecule has 4 nitrogen and oxygen atoms in total. The zero-order chi connectivity index (χ0) is 14.2. The highest BCUT2D eigenvalue weighted by molar-refractivity contribution is 5.76. The number of benzene rings is 1. The van der Waals surface area contributed by atoms with Crippen molar-refractivity contribution in [3.63, 3.8) is 0 Å². The summed E-state index contributed by atoms with van der Waals surface area (Å²) >= 11 is 0. The molecular formula is C15H23N3O. The Kier molecular flexibility index (Phi) is 3.80. The summed E-state index contributed by atoms with van der Waals surface area (Å²) in [6, 6.07) is 4.27. The maximum absolute atomic E-state index is 11.9. The van der Waals surface area contributed by atoms with Crippen LogP contribution >= 0.6 is 0 Å². The summed E-state index contributed by atoms with van der Waals surface area (Å²) < 4.78 is 0. The topological polar surface area (TPSA) is 49.6 Å². The van der Waals surface area contributed by atoms with Crippen molar-refractivity contribution in [2.24, 2.45) is 5.73 Å². The molecule has 0 bridgehead atoms. The van der Waals surface area contributed by atoms with Crippen molar-refractivity contribution < 1.29 is 4.79 Å². The lowest BCUT2D eigenvalue weighted by Gasteiger charge is -2.24. The fourth-order valence-electron chi connectivity index (χ4n) is 2.98. The maximum atomic E-state index is 11.9. The molecule has 0 aliphatic carbocycles. The minimum absolute atomic E-state index is 0.0814. The summed E-state index contributed by atoms with van der Waals surface area (Å²) in [5.41, 5.74) is 11.2. The van der Waals surface area contributed by atoms with E-state index in [-0.39, 0.29) is 12.1 Å². The number of carbonyl (C=O) groups is 1. The van der Waals surface area contributed by atoms with E-state index in [1.165, 1.54) is 22.3 Å². The third-order valence-corrected chi connectivity index (χ3v) is 3.83. The lowest BCUT2D eigenvalue weighted by atomic mass is 9.94. The van der Waals surface area contributed by atoms with Crippen molar-refractivity contribution in [2.75, 3.05) is 26.7 Å². The van der Waals surface area contributed by atoms with Crippen LogP contribution in [0.3, 0.4) is 0 Å². The van der Waals surface area contributed by atoms with Crippen molar-refractivity contribution in [3.05, 3.63) is 34.4 Å². The van der Waals surface area contributed by atoms with Gasteiger partial charge in [-0.05, 0) is 37.5 Å². The summed E-state index contributed by atoms with van der Waals surface area (Å²) in [4.78, 5) is 15.5. The van der Waals surface area contributed by atoms with Gasteiger partial charge in [0.15, 0.2) is 0 Å². The molecule has 0 aromatic heterocycles. The monoisotopic (exact) mass is 261 g/mol. The Morgan fingerprint density at radius 2 is 1.79 bits per heavy atom. The zero-order valence-electron chi connectivity index (χ0n) is 12.2. The highest BCUT2D eigenvalue weighted by atomic mass is 16.2. The Hall–Kier alpha value is -1.55. The molecule has 1 aromatic rings. The molecular weight excluding hydrogens is 238 g/mol. The van der Waals surface area contributed by atoms with Crippen LogP contribution in [-0.4, -0.2) is 42.5 Å². The number of aryl methyl sites for hydroxylation is 3. The average Bonchev–Trinajstić information content (AvgIpc) is 2.59. The first kappa shape index (κ1) is 13.9. The molecule has 1 aliphatic heterocycles. The molecule has 1 heterocycles. The molecule has 1 aromatic carbocycles. The number of hydrogen-bond donors (Lipinski definition) is 1. The number of carbonyl (C=O) groups excluding carboxylic acids is 1. The van der Waals surface area contributed by atoms with Crippen LogP contribution in [0.5, 0.6) is 0 Å². The number of hydrogen-bond acceptors (Lipinski definition) is 2. The standard InChI is InChI=1S/C15H23N3O/c1-10-7-11(2)14(12(3)8-10)13(16)9-18-6-5-17(4)15(18)19/h7-8,13H,5-6,9,16H2,1-4H3. The molecule has 1 atom stereocenters. The lowest BCUT2D eigenvalue weighted by molar-refractivity contribution is 0.196. The van der Waals surface area contributed by atoms with E-state index < -0.39 is 0 Å². The molecule has 2 amide bonds. The van der Waals surface area contributed by atoms with Gasteiger partial charge in [-0.15, -0.1) is 0 Å². The molecule has 1 unspecified atom stereocenters. The predicted octanol–water partition coefficient (Wildman–Crippen LogP) is 1.98. The molecule has 0 radical (unpaired) electrons. The number of rotatable bonds is 3. The van der Waals surface area contributed by atoms with Gasteiger partial charge >= 0.3 is 6.03 Å². The molecule has 2 rings (SSSR count). The van der Waals surface area contributed by atoms with Crippen LogP contribution in [-0.2, 0) is 0 Å². The van der Waals surface area contributed by atoms with Gasteiger partial charge in [0.2, 0.25) is 0 Å². The Morgan fingerprint density at radius 3 is 2.26 bits per heavy atom. The van der Waals surface area contributed by atoms with Gasteiger partial charge < -0.3 is 15.5 Å². The second kappa shape index (κ2) is 5.21. The SMILES string of the molecule is Cc1cc(C)c(C(N)CN2CCN(C)C2=O)c(C)c1. The Bertz CT molecular complexity index is 475. The maximum Gasteiger partial charge on any atom is 0.319 e.